The van der Waals surface area contributed by atoms with Gasteiger partial charge >= 0.3 is 0 Å². The summed E-state index contributed by atoms with van der Waals surface area (Å²) in [4.78, 5) is 19.5. The fourth-order valence-electron chi connectivity index (χ4n) is 1.80. The number of aromatic nitrogens is 2. The second-order valence-corrected chi connectivity index (χ2v) is 6.26. The van der Waals surface area contributed by atoms with Crippen LogP contribution in [0.2, 0.25) is 0 Å². The van der Waals surface area contributed by atoms with Crippen molar-refractivity contribution in [1.82, 2.24) is 9.97 Å². The number of H-pyrrole nitrogens is 1. The zero-order chi connectivity index (χ0) is 12.5. The van der Waals surface area contributed by atoms with Crippen LogP contribution in [0.25, 0.3) is 0 Å². The van der Waals surface area contributed by atoms with E-state index in [1.165, 1.54) is 6.33 Å². The quantitative estimate of drug-likeness (QED) is 0.667. The lowest BCUT2D eigenvalue weighted by Crippen LogP contribution is -2.30. The molecular formula is C9H14N4O3S. The molecule has 1 aliphatic heterocycles. The van der Waals surface area contributed by atoms with Gasteiger partial charge < -0.3 is 15.6 Å². The minimum atomic E-state index is -2.98. The van der Waals surface area contributed by atoms with Gasteiger partial charge in [-0.25, -0.2) is 13.4 Å². The molecule has 1 saturated heterocycles. The molecule has 0 aromatic carbocycles. The number of hydrogen-bond donors (Lipinski definition) is 2. The van der Waals surface area contributed by atoms with Crippen LogP contribution in [0.15, 0.2) is 11.1 Å². The van der Waals surface area contributed by atoms with E-state index >= 15 is 0 Å². The number of nitrogens with two attached hydrogens (primary N) is 1. The summed E-state index contributed by atoms with van der Waals surface area (Å²) >= 11 is 0. The van der Waals surface area contributed by atoms with Gasteiger partial charge in [0.15, 0.2) is 15.7 Å². The molecule has 0 amide bonds. The van der Waals surface area contributed by atoms with E-state index in [2.05, 4.69) is 9.97 Å². The predicted octanol–water partition coefficient (Wildman–Crippen LogP) is -1.02. The van der Waals surface area contributed by atoms with Crippen LogP contribution in [0, 0.1) is 0 Å². The second kappa shape index (κ2) is 4.36. The Kier molecular flexibility index (Phi) is 3.05. The number of anilines is 2. The summed E-state index contributed by atoms with van der Waals surface area (Å²) in [5.74, 6) is 0.610. The lowest BCUT2D eigenvalue weighted by atomic mass is 10.3. The Morgan fingerprint density at radius 3 is 2.88 bits per heavy atom. The third-order valence-corrected chi connectivity index (χ3v) is 4.44. The lowest BCUT2D eigenvalue weighted by molar-refractivity contribution is 0.597. The summed E-state index contributed by atoms with van der Waals surface area (Å²) in [6.45, 7) is 0.864. The molecule has 0 unspecified atom stereocenters. The summed E-state index contributed by atoms with van der Waals surface area (Å²) in [6, 6.07) is 0. The molecule has 17 heavy (non-hydrogen) atoms. The maximum Gasteiger partial charge on any atom is 0.276 e. The number of rotatable bonds is 1. The van der Waals surface area contributed by atoms with Crippen LogP contribution in [0.5, 0.6) is 0 Å². The average Bonchev–Trinajstić information content (AvgIpc) is 2.44. The maximum absolute atomic E-state index is 11.5. The summed E-state index contributed by atoms with van der Waals surface area (Å²) in [6.07, 6.45) is 1.80. The molecule has 0 saturated carbocycles. The van der Waals surface area contributed by atoms with Crippen LogP contribution in [0.4, 0.5) is 11.5 Å². The third kappa shape index (κ3) is 2.57. The minimum Gasteiger partial charge on any atom is -0.391 e. The Labute approximate surface area is 98.6 Å². The van der Waals surface area contributed by atoms with Crippen LogP contribution in [0.3, 0.4) is 0 Å². The van der Waals surface area contributed by atoms with E-state index in [4.69, 9.17) is 5.73 Å². The largest absolute Gasteiger partial charge is 0.391 e. The Morgan fingerprint density at radius 1 is 1.35 bits per heavy atom. The Morgan fingerprint density at radius 2 is 2.12 bits per heavy atom. The number of sulfone groups is 1. The molecule has 7 nitrogen and oxygen atoms in total. The van der Waals surface area contributed by atoms with Gasteiger partial charge in [-0.2, -0.15) is 0 Å². The molecule has 2 heterocycles. The first kappa shape index (κ1) is 11.9. The van der Waals surface area contributed by atoms with Crippen molar-refractivity contribution in [3.63, 3.8) is 0 Å². The van der Waals surface area contributed by atoms with Crippen molar-refractivity contribution in [2.45, 2.75) is 6.42 Å². The summed E-state index contributed by atoms with van der Waals surface area (Å²) in [7, 11) is -2.98. The fourth-order valence-corrected chi connectivity index (χ4v) is 3.07. The summed E-state index contributed by atoms with van der Waals surface area (Å²) in [5.41, 5.74) is 5.27. The van der Waals surface area contributed by atoms with E-state index in [1.807, 2.05) is 0 Å². The second-order valence-electron chi connectivity index (χ2n) is 3.96. The monoisotopic (exact) mass is 258 g/mol. The van der Waals surface area contributed by atoms with Crippen molar-refractivity contribution in [3.05, 3.63) is 16.7 Å². The van der Waals surface area contributed by atoms with Gasteiger partial charge in [0.05, 0.1) is 17.8 Å². The van der Waals surface area contributed by atoms with Gasteiger partial charge in [-0.1, -0.05) is 0 Å². The molecule has 0 bridgehead atoms. The van der Waals surface area contributed by atoms with E-state index in [-0.39, 0.29) is 17.2 Å². The fraction of sp³-hybridized carbons (Fsp3) is 0.556. The molecule has 0 radical (unpaired) electrons. The van der Waals surface area contributed by atoms with Crippen LogP contribution in [0.1, 0.15) is 6.42 Å². The van der Waals surface area contributed by atoms with Gasteiger partial charge in [0.25, 0.3) is 5.56 Å². The minimum absolute atomic E-state index is 0.0341. The standard InChI is InChI=1S/C9H14N4O3S/c10-7-8(11-6-12-9(7)14)13-2-1-4-17(15,16)5-3-13/h6H,1-5,10H2,(H,11,12,14). The van der Waals surface area contributed by atoms with Crippen molar-refractivity contribution in [2.75, 3.05) is 35.2 Å². The Balaban J connectivity index is 2.29. The number of nitrogens with one attached hydrogen (secondary N) is 1. The van der Waals surface area contributed by atoms with Gasteiger partial charge in [-0.15, -0.1) is 0 Å². The van der Waals surface area contributed by atoms with E-state index in [9.17, 15) is 13.2 Å². The Bertz CT molecular complexity index is 566. The number of nitrogen functional groups attached to an aromatic ring is 1. The van der Waals surface area contributed by atoms with E-state index < -0.39 is 15.4 Å². The van der Waals surface area contributed by atoms with Crippen molar-refractivity contribution in [2.24, 2.45) is 0 Å². The molecule has 0 atom stereocenters. The van der Waals surface area contributed by atoms with Crippen LogP contribution in [-0.2, 0) is 9.84 Å². The molecule has 0 aliphatic carbocycles. The molecule has 0 spiro atoms. The van der Waals surface area contributed by atoms with Gasteiger partial charge in [0.1, 0.15) is 5.69 Å². The molecule has 1 fully saturated rings. The lowest BCUT2D eigenvalue weighted by Gasteiger charge is -2.21. The van der Waals surface area contributed by atoms with Crippen molar-refractivity contribution < 1.29 is 8.42 Å². The highest BCUT2D eigenvalue weighted by molar-refractivity contribution is 7.91. The first-order valence-corrected chi connectivity index (χ1v) is 7.10. The van der Waals surface area contributed by atoms with Crippen LogP contribution < -0.4 is 16.2 Å². The predicted molar refractivity (Wildman–Crippen MR) is 64.8 cm³/mol. The zero-order valence-electron chi connectivity index (χ0n) is 9.22. The third-order valence-electron chi connectivity index (χ3n) is 2.72. The number of hydrogen-bond acceptors (Lipinski definition) is 6. The summed E-state index contributed by atoms with van der Waals surface area (Å²) < 4.78 is 22.9. The van der Waals surface area contributed by atoms with Gasteiger partial charge in [-0.05, 0) is 6.42 Å². The number of nitrogens with zero attached hydrogens (tertiary/aromatic N) is 2. The molecule has 2 rings (SSSR count). The first-order valence-electron chi connectivity index (χ1n) is 5.28. The SMILES string of the molecule is Nc1c(N2CCCS(=O)(=O)CC2)nc[nH]c1=O. The van der Waals surface area contributed by atoms with Crippen molar-refractivity contribution >= 4 is 21.3 Å². The van der Waals surface area contributed by atoms with Crippen molar-refractivity contribution in [3.8, 4) is 0 Å². The molecular weight excluding hydrogens is 244 g/mol. The topological polar surface area (TPSA) is 109 Å². The molecule has 3 N–H and O–H groups in total. The average molecular weight is 258 g/mol. The molecule has 8 heteroatoms. The molecule has 1 aromatic heterocycles. The van der Waals surface area contributed by atoms with Gasteiger partial charge in [0.2, 0.25) is 0 Å². The maximum atomic E-state index is 11.5. The van der Waals surface area contributed by atoms with E-state index in [1.54, 1.807) is 4.90 Å². The highest BCUT2D eigenvalue weighted by Crippen LogP contribution is 2.17. The first-order chi connectivity index (χ1) is 7.99. The van der Waals surface area contributed by atoms with Crippen LogP contribution in [-0.4, -0.2) is 43.0 Å². The Hall–Kier alpha value is -1.57. The van der Waals surface area contributed by atoms with Crippen LogP contribution >= 0.6 is 0 Å². The number of aromatic amines is 1. The molecule has 1 aliphatic rings. The van der Waals surface area contributed by atoms with E-state index in [0.717, 1.165) is 0 Å². The highest BCUT2D eigenvalue weighted by atomic mass is 32.2. The van der Waals surface area contributed by atoms with Gasteiger partial charge in [-0.3, -0.25) is 4.79 Å². The molecule has 1 aromatic rings. The zero-order valence-corrected chi connectivity index (χ0v) is 10.0. The van der Waals surface area contributed by atoms with Crippen molar-refractivity contribution in [1.29, 1.82) is 0 Å². The molecule has 94 valence electrons. The smallest absolute Gasteiger partial charge is 0.276 e. The van der Waals surface area contributed by atoms with E-state index in [0.29, 0.717) is 25.3 Å². The summed E-state index contributed by atoms with van der Waals surface area (Å²) in [5, 5.41) is 0. The van der Waals surface area contributed by atoms with Gasteiger partial charge in [0, 0.05) is 13.1 Å². The normalized spacial score (nSPS) is 19.9. The highest BCUT2D eigenvalue weighted by Gasteiger charge is 2.21.